The van der Waals surface area contributed by atoms with Gasteiger partial charge in [0.05, 0.1) is 5.51 Å². The smallest absolute Gasteiger partial charge is 0.0794 e. The molecular weight excluding hydrogens is 168 g/mol. The Morgan fingerprint density at radius 3 is 3.08 bits per heavy atom. The third-order valence-corrected chi connectivity index (χ3v) is 3.44. The van der Waals surface area contributed by atoms with Crippen LogP contribution in [-0.4, -0.2) is 11.0 Å². The highest BCUT2D eigenvalue weighted by molar-refractivity contribution is 7.09. The van der Waals surface area contributed by atoms with Gasteiger partial charge in [-0.15, -0.1) is 11.3 Å². The van der Waals surface area contributed by atoms with Crippen molar-refractivity contribution in [2.24, 2.45) is 17.6 Å². The number of hydrogen-bond donors (Lipinski definition) is 1. The fraction of sp³-hybridized carbons (Fsp3) is 0.667. The van der Waals surface area contributed by atoms with Gasteiger partial charge in [-0.05, 0) is 24.7 Å². The Labute approximate surface area is 76.8 Å². The van der Waals surface area contributed by atoms with Crippen LogP contribution >= 0.6 is 11.3 Å². The van der Waals surface area contributed by atoms with Gasteiger partial charge in [0.15, 0.2) is 0 Å². The lowest BCUT2D eigenvalue weighted by atomic mass is 10.1. The van der Waals surface area contributed by atoms with E-state index in [0.717, 1.165) is 18.3 Å². The van der Waals surface area contributed by atoms with Gasteiger partial charge in [0, 0.05) is 17.1 Å². The van der Waals surface area contributed by atoms with Crippen LogP contribution in [0.15, 0.2) is 11.7 Å². The molecule has 1 aliphatic carbocycles. The molecule has 2 nitrogen and oxygen atoms in total. The molecule has 3 heteroatoms. The molecule has 3 atom stereocenters. The molecule has 1 fully saturated rings. The molecule has 0 bridgehead atoms. The Morgan fingerprint density at radius 2 is 2.58 bits per heavy atom. The maximum absolute atomic E-state index is 6.04. The minimum absolute atomic E-state index is 0.362. The highest BCUT2D eigenvalue weighted by atomic mass is 32.1. The predicted molar refractivity (Wildman–Crippen MR) is 51.1 cm³/mol. The summed E-state index contributed by atoms with van der Waals surface area (Å²) in [7, 11) is 0. The van der Waals surface area contributed by atoms with Crippen LogP contribution in [0.3, 0.4) is 0 Å². The van der Waals surface area contributed by atoms with Crippen molar-refractivity contribution in [3.63, 3.8) is 0 Å². The molecule has 0 radical (unpaired) electrons. The fourth-order valence-electron chi connectivity index (χ4n) is 1.67. The predicted octanol–water partition coefficient (Wildman–Crippen LogP) is 1.67. The molecule has 12 heavy (non-hydrogen) atoms. The van der Waals surface area contributed by atoms with E-state index >= 15 is 0 Å². The van der Waals surface area contributed by atoms with E-state index in [1.54, 1.807) is 11.3 Å². The molecule has 0 amide bonds. The quantitative estimate of drug-likeness (QED) is 0.772. The minimum atomic E-state index is 0.362. The molecular formula is C9H14N2S. The van der Waals surface area contributed by atoms with E-state index in [2.05, 4.69) is 11.9 Å². The van der Waals surface area contributed by atoms with E-state index in [1.807, 2.05) is 11.7 Å². The van der Waals surface area contributed by atoms with Crippen LogP contribution < -0.4 is 5.73 Å². The van der Waals surface area contributed by atoms with Crippen LogP contribution in [0.25, 0.3) is 0 Å². The number of aromatic nitrogens is 1. The van der Waals surface area contributed by atoms with Crippen molar-refractivity contribution in [1.82, 2.24) is 4.98 Å². The topological polar surface area (TPSA) is 38.9 Å². The first-order valence-electron chi connectivity index (χ1n) is 4.40. The molecule has 0 spiro atoms. The van der Waals surface area contributed by atoms with Crippen molar-refractivity contribution in [3.8, 4) is 0 Å². The van der Waals surface area contributed by atoms with Crippen molar-refractivity contribution in [1.29, 1.82) is 0 Å². The molecule has 1 saturated carbocycles. The summed E-state index contributed by atoms with van der Waals surface area (Å²) in [6, 6.07) is 0.362. The van der Waals surface area contributed by atoms with Crippen LogP contribution in [0.1, 0.15) is 18.2 Å². The molecule has 1 heterocycles. The molecule has 2 rings (SSSR count). The first-order chi connectivity index (χ1) is 5.77. The van der Waals surface area contributed by atoms with Gasteiger partial charge in [-0.3, -0.25) is 4.98 Å². The molecule has 66 valence electrons. The van der Waals surface area contributed by atoms with Crippen LogP contribution in [0.5, 0.6) is 0 Å². The van der Waals surface area contributed by atoms with Crippen molar-refractivity contribution >= 4 is 11.3 Å². The lowest BCUT2D eigenvalue weighted by Gasteiger charge is -2.07. The first-order valence-corrected chi connectivity index (χ1v) is 5.28. The Kier molecular flexibility index (Phi) is 2.15. The number of rotatable bonds is 3. The zero-order valence-electron chi connectivity index (χ0n) is 7.23. The lowest BCUT2D eigenvalue weighted by Crippen LogP contribution is -2.25. The van der Waals surface area contributed by atoms with Gasteiger partial charge in [-0.2, -0.15) is 0 Å². The molecule has 0 saturated heterocycles. The summed E-state index contributed by atoms with van der Waals surface area (Å²) in [5.74, 6) is 1.63. The third kappa shape index (κ3) is 1.67. The van der Waals surface area contributed by atoms with E-state index < -0.39 is 0 Å². The number of hydrogen-bond acceptors (Lipinski definition) is 3. The zero-order chi connectivity index (χ0) is 8.55. The van der Waals surface area contributed by atoms with E-state index in [4.69, 9.17) is 5.73 Å². The lowest BCUT2D eigenvalue weighted by molar-refractivity contribution is 0.563. The molecule has 0 aliphatic heterocycles. The summed E-state index contributed by atoms with van der Waals surface area (Å²) in [6.07, 6.45) is 4.26. The van der Waals surface area contributed by atoms with Gasteiger partial charge in [0.1, 0.15) is 0 Å². The van der Waals surface area contributed by atoms with Gasteiger partial charge in [-0.25, -0.2) is 0 Å². The van der Waals surface area contributed by atoms with E-state index in [0.29, 0.717) is 6.04 Å². The van der Waals surface area contributed by atoms with Crippen molar-refractivity contribution < 1.29 is 0 Å². The zero-order valence-corrected chi connectivity index (χ0v) is 8.05. The summed E-state index contributed by atoms with van der Waals surface area (Å²) in [5.41, 5.74) is 7.91. The van der Waals surface area contributed by atoms with Crippen LogP contribution in [0, 0.1) is 11.8 Å². The highest BCUT2D eigenvalue weighted by Gasteiger charge is 2.37. The van der Waals surface area contributed by atoms with Gasteiger partial charge in [0.25, 0.3) is 0 Å². The molecule has 1 aromatic rings. The first kappa shape index (κ1) is 8.20. The Morgan fingerprint density at radius 1 is 1.83 bits per heavy atom. The SMILES string of the molecule is CC1CC1C(N)Cc1cncs1. The second-order valence-electron chi connectivity index (χ2n) is 3.71. The van der Waals surface area contributed by atoms with Gasteiger partial charge < -0.3 is 5.73 Å². The van der Waals surface area contributed by atoms with Crippen LogP contribution in [-0.2, 0) is 6.42 Å². The molecule has 2 N–H and O–H groups in total. The van der Waals surface area contributed by atoms with Gasteiger partial charge >= 0.3 is 0 Å². The number of thiazole rings is 1. The highest BCUT2D eigenvalue weighted by Crippen LogP contribution is 2.40. The van der Waals surface area contributed by atoms with Crippen LogP contribution in [0.4, 0.5) is 0 Å². The summed E-state index contributed by atoms with van der Waals surface area (Å²) >= 11 is 1.71. The molecule has 1 aromatic heterocycles. The van der Waals surface area contributed by atoms with Gasteiger partial charge in [0.2, 0.25) is 0 Å². The Bertz CT molecular complexity index is 245. The fourth-order valence-corrected chi connectivity index (χ4v) is 2.34. The van der Waals surface area contributed by atoms with Crippen molar-refractivity contribution in [3.05, 3.63) is 16.6 Å². The van der Waals surface area contributed by atoms with E-state index in [9.17, 15) is 0 Å². The standard InChI is InChI=1S/C9H14N2S/c1-6-2-8(6)9(10)3-7-4-11-5-12-7/h4-6,8-9H,2-3,10H2,1H3. The monoisotopic (exact) mass is 182 g/mol. The summed E-state index contributed by atoms with van der Waals surface area (Å²) in [4.78, 5) is 5.36. The van der Waals surface area contributed by atoms with Crippen molar-refractivity contribution in [2.75, 3.05) is 0 Å². The summed E-state index contributed by atoms with van der Waals surface area (Å²) in [5, 5.41) is 0. The number of nitrogens with two attached hydrogens (primary N) is 1. The van der Waals surface area contributed by atoms with Crippen LogP contribution in [0.2, 0.25) is 0 Å². The second kappa shape index (κ2) is 3.15. The molecule has 0 aromatic carbocycles. The van der Waals surface area contributed by atoms with Gasteiger partial charge in [-0.1, -0.05) is 6.92 Å². The molecule has 3 unspecified atom stereocenters. The average Bonchev–Trinajstić information content (AvgIpc) is 2.58. The molecule has 1 aliphatic rings. The minimum Gasteiger partial charge on any atom is -0.327 e. The normalized spacial score (nSPS) is 30.2. The van der Waals surface area contributed by atoms with Crippen molar-refractivity contribution in [2.45, 2.75) is 25.8 Å². The third-order valence-electron chi connectivity index (χ3n) is 2.64. The number of nitrogens with zero attached hydrogens (tertiary/aromatic N) is 1. The average molecular weight is 182 g/mol. The van der Waals surface area contributed by atoms with E-state index in [-0.39, 0.29) is 0 Å². The van der Waals surface area contributed by atoms with E-state index in [1.165, 1.54) is 11.3 Å². The maximum atomic E-state index is 6.04. The maximum Gasteiger partial charge on any atom is 0.0794 e. The summed E-state index contributed by atoms with van der Waals surface area (Å²) < 4.78 is 0. The second-order valence-corrected chi connectivity index (χ2v) is 4.68. The Hall–Kier alpha value is -0.410. The largest absolute Gasteiger partial charge is 0.327 e. The Balaban J connectivity index is 1.87. The summed E-state index contributed by atoms with van der Waals surface area (Å²) in [6.45, 7) is 2.27.